The van der Waals surface area contributed by atoms with Crippen molar-refractivity contribution in [2.24, 2.45) is 0 Å². The van der Waals surface area contributed by atoms with E-state index in [4.69, 9.17) is 11.6 Å². The van der Waals surface area contributed by atoms with E-state index in [0.717, 1.165) is 17.7 Å². The highest BCUT2D eigenvalue weighted by Crippen LogP contribution is 2.33. The molecule has 3 nitrogen and oxygen atoms in total. The van der Waals surface area contributed by atoms with Crippen LogP contribution in [-0.4, -0.2) is 11.0 Å². The van der Waals surface area contributed by atoms with E-state index in [1.807, 2.05) is 0 Å². The maximum atomic E-state index is 12.5. The zero-order valence-electron chi connectivity index (χ0n) is 11.3. The van der Waals surface area contributed by atoms with Crippen LogP contribution in [0.3, 0.4) is 0 Å². The largest absolute Gasteiger partial charge is 0.507 e. The van der Waals surface area contributed by atoms with Crippen LogP contribution < -0.4 is 5.32 Å². The van der Waals surface area contributed by atoms with Crippen molar-refractivity contribution in [1.82, 2.24) is 0 Å². The first-order chi connectivity index (χ1) is 10.2. The number of phenolic OH excluding ortho intramolecular Hbond substituents is 1. The maximum Gasteiger partial charge on any atom is 0.416 e. The van der Waals surface area contributed by atoms with Gasteiger partial charge in [0, 0.05) is 10.7 Å². The summed E-state index contributed by atoms with van der Waals surface area (Å²) in [6, 6.07) is 6.99. The highest BCUT2D eigenvalue weighted by Gasteiger charge is 2.31. The molecule has 0 aromatic heterocycles. The first kappa shape index (κ1) is 16.2. The average Bonchev–Trinajstić information content (AvgIpc) is 2.35. The summed E-state index contributed by atoms with van der Waals surface area (Å²) in [5, 5.41) is 12.5. The van der Waals surface area contributed by atoms with Crippen molar-refractivity contribution in [3.63, 3.8) is 0 Å². The fourth-order valence-corrected chi connectivity index (χ4v) is 2.20. The molecule has 2 rings (SSSR count). The second kappa shape index (κ2) is 5.88. The summed E-state index contributed by atoms with van der Waals surface area (Å²) in [5.74, 6) is -1.47. The highest BCUT2D eigenvalue weighted by atomic mass is 35.5. The second-order valence-corrected chi connectivity index (χ2v) is 5.14. The monoisotopic (exact) mass is 329 g/mol. The van der Waals surface area contributed by atoms with E-state index >= 15 is 0 Å². The van der Waals surface area contributed by atoms with Crippen LogP contribution in [0.2, 0.25) is 5.02 Å². The zero-order valence-corrected chi connectivity index (χ0v) is 12.1. The molecule has 0 atom stereocenters. The number of aromatic hydroxyl groups is 1. The molecule has 0 bridgehead atoms. The number of alkyl halides is 3. The number of amides is 1. The minimum Gasteiger partial charge on any atom is -0.507 e. The summed E-state index contributed by atoms with van der Waals surface area (Å²) in [5.41, 5.74) is -0.0977. The summed E-state index contributed by atoms with van der Waals surface area (Å²) >= 11 is 5.86. The van der Waals surface area contributed by atoms with Crippen LogP contribution in [0.5, 0.6) is 5.75 Å². The van der Waals surface area contributed by atoms with Crippen molar-refractivity contribution < 1.29 is 23.1 Å². The lowest BCUT2D eigenvalue weighted by Gasteiger charge is -2.11. The third-order valence-electron chi connectivity index (χ3n) is 2.87. The van der Waals surface area contributed by atoms with Gasteiger partial charge in [0.2, 0.25) is 0 Å². The predicted molar refractivity (Wildman–Crippen MR) is 77.3 cm³/mol. The van der Waals surface area contributed by atoms with Crippen molar-refractivity contribution in [3.8, 4) is 5.75 Å². The molecular weight excluding hydrogens is 319 g/mol. The Kier molecular flexibility index (Phi) is 4.32. The molecule has 0 saturated carbocycles. The van der Waals surface area contributed by atoms with E-state index in [0.29, 0.717) is 16.8 Å². The Balaban J connectivity index is 2.26. The van der Waals surface area contributed by atoms with E-state index in [1.165, 1.54) is 6.07 Å². The number of hydrogen-bond acceptors (Lipinski definition) is 2. The number of phenols is 1. The van der Waals surface area contributed by atoms with Crippen molar-refractivity contribution in [1.29, 1.82) is 0 Å². The maximum absolute atomic E-state index is 12.5. The quantitative estimate of drug-likeness (QED) is 0.844. The molecular formula is C15H11ClF3NO2. The normalized spacial score (nSPS) is 11.3. The first-order valence-corrected chi connectivity index (χ1v) is 6.53. The first-order valence-electron chi connectivity index (χ1n) is 6.15. The van der Waals surface area contributed by atoms with Gasteiger partial charge in [0.15, 0.2) is 0 Å². The number of aryl methyl sites for hydroxylation is 1. The Bertz CT molecular complexity index is 709. The summed E-state index contributed by atoms with van der Waals surface area (Å²) in [6.07, 6.45) is -4.59. The summed E-state index contributed by atoms with van der Waals surface area (Å²) in [4.78, 5) is 12.0. The minimum atomic E-state index is -4.59. The topological polar surface area (TPSA) is 49.3 Å². The van der Waals surface area contributed by atoms with Crippen molar-refractivity contribution in [3.05, 3.63) is 58.1 Å². The lowest BCUT2D eigenvalue weighted by molar-refractivity contribution is -0.137. The van der Waals surface area contributed by atoms with E-state index in [-0.39, 0.29) is 5.56 Å². The van der Waals surface area contributed by atoms with Crippen LogP contribution in [0.4, 0.5) is 18.9 Å². The molecule has 0 saturated heterocycles. The number of nitrogens with one attached hydrogen (secondary N) is 1. The second-order valence-electron chi connectivity index (χ2n) is 4.70. The Morgan fingerprint density at radius 2 is 1.86 bits per heavy atom. The number of carbonyl (C=O) groups excluding carboxylic acids is 1. The number of hydrogen-bond donors (Lipinski definition) is 2. The average molecular weight is 330 g/mol. The van der Waals surface area contributed by atoms with Gasteiger partial charge < -0.3 is 10.4 Å². The van der Waals surface area contributed by atoms with Crippen LogP contribution in [0, 0.1) is 6.92 Å². The van der Waals surface area contributed by atoms with Gasteiger partial charge in [-0.25, -0.2) is 0 Å². The number of benzene rings is 2. The molecule has 1 amide bonds. The van der Waals surface area contributed by atoms with Gasteiger partial charge in [-0.2, -0.15) is 13.2 Å². The molecule has 0 spiro atoms. The third kappa shape index (κ3) is 3.71. The Morgan fingerprint density at radius 3 is 2.41 bits per heavy atom. The van der Waals surface area contributed by atoms with Gasteiger partial charge in [-0.15, -0.1) is 0 Å². The lowest BCUT2D eigenvalue weighted by atomic mass is 10.1. The molecule has 0 heterocycles. The molecule has 0 radical (unpaired) electrons. The number of halogens is 4. The van der Waals surface area contributed by atoms with Crippen LogP contribution in [0.15, 0.2) is 36.4 Å². The lowest BCUT2D eigenvalue weighted by Crippen LogP contribution is -2.13. The Hall–Kier alpha value is -2.21. The van der Waals surface area contributed by atoms with Crippen LogP contribution in [-0.2, 0) is 6.18 Å². The molecule has 116 valence electrons. The van der Waals surface area contributed by atoms with E-state index in [2.05, 4.69) is 5.32 Å². The molecule has 2 aromatic rings. The van der Waals surface area contributed by atoms with Gasteiger partial charge in [-0.3, -0.25) is 4.79 Å². The molecule has 0 unspecified atom stereocenters. The summed E-state index contributed by atoms with van der Waals surface area (Å²) in [6.45, 7) is 1.77. The molecule has 7 heteroatoms. The fourth-order valence-electron chi connectivity index (χ4n) is 1.91. The molecule has 0 aliphatic rings. The van der Waals surface area contributed by atoms with Gasteiger partial charge >= 0.3 is 6.18 Å². The SMILES string of the molecule is Cc1cc(Cl)cc(NC(=O)c2ccc(C(F)(F)F)cc2O)c1. The third-order valence-corrected chi connectivity index (χ3v) is 3.09. The van der Waals surface area contributed by atoms with Crippen LogP contribution in [0.1, 0.15) is 21.5 Å². The van der Waals surface area contributed by atoms with Crippen LogP contribution >= 0.6 is 11.6 Å². The van der Waals surface area contributed by atoms with E-state index in [1.54, 1.807) is 19.1 Å². The Labute approximate surface area is 129 Å². The molecule has 22 heavy (non-hydrogen) atoms. The number of carbonyl (C=O) groups is 1. The molecule has 2 aromatic carbocycles. The van der Waals surface area contributed by atoms with E-state index in [9.17, 15) is 23.1 Å². The van der Waals surface area contributed by atoms with Gasteiger partial charge in [0.05, 0.1) is 11.1 Å². The van der Waals surface area contributed by atoms with Crippen molar-refractivity contribution in [2.45, 2.75) is 13.1 Å². The number of rotatable bonds is 2. The van der Waals surface area contributed by atoms with E-state index < -0.39 is 23.4 Å². The highest BCUT2D eigenvalue weighted by molar-refractivity contribution is 6.31. The van der Waals surface area contributed by atoms with Gasteiger partial charge in [0.25, 0.3) is 5.91 Å². The van der Waals surface area contributed by atoms with Crippen LogP contribution in [0.25, 0.3) is 0 Å². The van der Waals surface area contributed by atoms with Crippen molar-refractivity contribution >= 4 is 23.2 Å². The molecule has 0 aliphatic heterocycles. The minimum absolute atomic E-state index is 0.259. The number of anilines is 1. The van der Waals surface area contributed by atoms with Gasteiger partial charge in [0.1, 0.15) is 5.75 Å². The summed E-state index contributed by atoms with van der Waals surface area (Å²) < 4.78 is 37.5. The zero-order chi connectivity index (χ0) is 16.5. The predicted octanol–water partition coefficient (Wildman–Crippen LogP) is 4.63. The molecule has 0 aliphatic carbocycles. The fraction of sp³-hybridized carbons (Fsp3) is 0.133. The van der Waals surface area contributed by atoms with Crippen molar-refractivity contribution in [2.75, 3.05) is 5.32 Å². The van der Waals surface area contributed by atoms with Gasteiger partial charge in [-0.05, 0) is 48.9 Å². The standard InChI is InChI=1S/C15H11ClF3NO2/c1-8-4-10(16)7-11(5-8)20-14(22)12-3-2-9(6-13(12)21)15(17,18)19/h2-7,21H,1H3,(H,20,22). The molecule has 2 N–H and O–H groups in total. The Morgan fingerprint density at radius 1 is 1.18 bits per heavy atom. The smallest absolute Gasteiger partial charge is 0.416 e. The summed E-state index contributed by atoms with van der Waals surface area (Å²) in [7, 11) is 0. The van der Waals surface area contributed by atoms with Gasteiger partial charge in [-0.1, -0.05) is 11.6 Å². The molecule has 0 fully saturated rings.